The van der Waals surface area contributed by atoms with Crippen molar-refractivity contribution in [2.75, 3.05) is 13.7 Å². The third-order valence-corrected chi connectivity index (χ3v) is 3.40. The molecule has 2 unspecified atom stereocenters. The van der Waals surface area contributed by atoms with Crippen LogP contribution in [0.25, 0.3) is 0 Å². The molecule has 0 bridgehead atoms. The minimum atomic E-state index is -0.490. The number of rotatable bonds is 3. The minimum Gasteiger partial charge on any atom is -0.496 e. The Labute approximate surface area is 126 Å². The van der Waals surface area contributed by atoms with Crippen LogP contribution in [0.4, 0.5) is 4.79 Å². The second-order valence-electron chi connectivity index (χ2n) is 6.22. The molecule has 116 valence electrons. The molecule has 1 amide bonds. The molecule has 5 nitrogen and oxygen atoms in total. The lowest BCUT2D eigenvalue weighted by Gasteiger charge is -2.25. The van der Waals surface area contributed by atoms with Crippen molar-refractivity contribution in [2.24, 2.45) is 0 Å². The van der Waals surface area contributed by atoms with E-state index < -0.39 is 5.60 Å². The predicted molar refractivity (Wildman–Crippen MR) is 81.5 cm³/mol. The van der Waals surface area contributed by atoms with Crippen LogP contribution in [0, 0.1) is 0 Å². The van der Waals surface area contributed by atoms with Gasteiger partial charge in [0.2, 0.25) is 0 Å². The highest BCUT2D eigenvalue weighted by Crippen LogP contribution is 2.31. The van der Waals surface area contributed by atoms with Gasteiger partial charge in [-0.05, 0) is 39.8 Å². The number of carbonyl (C=O) groups is 1. The summed E-state index contributed by atoms with van der Waals surface area (Å²) in [5.74, 6) is 0.827. The van der Waals surface area contributed by atoms with Crippen LogP contribution >= 0.6 is 0 Å². The summed E-state index contributed by atoms with van der Waals surface area (Å²) < 4.78 is 10.7. The van der Waals surface area contributed by atoms with Gasteiger partial charge in [-0.15, -0.1) is 0 Å². The van der Waals surface area contributed by atoms with Crippen molar-refractivity contribution in [3.8, 4) is 5.75 Å². The zero-order valence-electron chi connectivity index (χ0n) is 13.1. The van der Waals surface area contributed by atoms with Crippen molar-refractivity contribution in [2.45, 2.75) is 44.9 Å². The second-order valence-corrected chi connectivity index (χ2v) is 6.22. The number of alkyl carbamates (subject to hydrolysis) is 1. The smallest absolute Gasteiger partial charge is 0.407 e. The Morgan fingerprint density at radius 2 is 2.05 bits per heavy atom. The fourth-order valence-electron chi connectivity index (χ4n) is 2.57. The molecule has 1 aliphatic heterocycles. The fraction of sp³-hybridized carbons (Fsp3) is 0.562. The van der Waals surface area contributed by atoms with Gasteiger partial charge >= 0.3 is 6.09 Å². The van der Waals surface area contributed by atoms with E-state index in [-0.39, 0.29) is 18.2 Å². The summed E-state index contributed by atoms with van der Waals surface area (Å²) in [4.78, 5) is 12.0. The number of carbonyl (C=O) groups excluding carboxylic acids is 1. The van der Waals surface area contributed by atoms with Crippen molar-refractivity contribution >= 4 is 6.09 Å². The Hall–Kier alpha value is -1.75. The highest BCUT2D eigenvalue weighted by molar-refractivity contribution is 5.68. The number of nitrogens with one attached hydrogen (secondary N) is 2. The van der Waals surface area contributed by atoms with Gasteiger partial charge in [0.05, 0.1) is 19.2 Å². The van der Waals surface area contributed by atoms with E-state index in [1.807, 2.05) is 45.0 Å². The summed E-state index contributed by atoms with van der Waals surface area (Å²) >= 11 is 0. The van der Waals surface area contributed by atoms with E-state index in [1.54, 1.807) is 7.11 Å². The van der Waals surface area contributed by atoms with E-state index >= 15 is 0 Å². The molecule has 1 fully saturated rings. The Morgan fingerprint density at radius 3 is 2.71 bits per heavy atom. The van der Waals surface area contributed by atoms with Gasteiger partial charge in [-0.2, -0.15) is 0 Å². The quantitative estimate of drug-likeness (QED) is 0.899. The van der Waals surface area contributed by atoms with E-state index in [0.29, 0.717) is 0 Å². The maximum Gasteiger partial charge on any atom is 0.407 e. The lowest BCUT2D eigenvalue weighted by molar-refractivity contribution is 0.0500. The van der Waals surface area contributed by atoms with Crippen LogP contribution < -0.4 is 15.4 Å². The van der Waals surface area contributed by atoms with E-state index in [1.165, 1.54) is 0 Å². The third kappa shape index (κ3) is 4.11. The molecule has 21 heavy (non-hydrogen) atoms. The standard InChI is InChI=1S/C16H24N2O3/c1-16(2,3)21-15(19)18-12-9-10-17-14(12)11-7-5-6-8-13(11)20-4/h5-8,12,14,17H,9-10H2,1-4H3,(H,18,19). The zero-order chi connectivity index (χ0) is 15.5. The number of para-hydroxylation sites is 1. The summed E-state index contributed by atoms with van der Waals surface area (Å²) in [7, 11) is 1.66. The molecule has 1 aromatic rings. The first kappa shape index (κ1) is 15.6. The van der Waals surface area contributed by atoms with Gasteiger partial charge in [0.1, 0.15) is 11.4 Å². The van der Waals surface area contributed by atoms with Gasteiger partial charge in [-0.3, -0.25) is 0 Å². The zero-order valence-corrected chi connectivity index (χ0v) is 13.1. The summed E-state index contributed by atoms with van der Waals surface area (Å²) in [6.07, 6.45) is 0.484. The summed E-state index contributed by atoms with van der Waals surface area (Å²) in [5.41, 5.74) is 0.564. The Morgan fingerprint density at radius 1 is 1.33 bits per heavy atom. The molecule has 1 aliphatic rings. The fourth-order valence-corrected chi connectivity index (χ4v) is 2.57. The molecule has 1 aromatic carbocycles. The van der Waals surface area contributed by atoms with Crippen molar-refractivity contribution < 1.29 is 14.3 Å². The highest BCUT2D eigenvalue weighted by Gasteiger charge is 2.32. The molecule has 0 spiro atoms. The molecule has 2 rings (SSSR count). The maximum atomic E-state index is 12.0. The molecule has 1 saturated heterocycles. The number of benzene rings is 1. The van der Waals surface area contributed by atoms with Crippen molar-refractivity contribution in [1.82, 2.24) is 10.6 Å². The SMILES string of the molecule is COc1ccccc1C1NCCC1NC(=O)OC(C)(C)C. The lowest BCUT2D eigenvalue weighted by Crippen LogP contribution is -2.41. The maximum absolute atomic E-state index is 12.0. The van der Waals surface area contributed by atoms with Crippen LogP contribution in [0.2, 0.25) is 0 Å². The van der Waals surface area contributed by atoms with Gasteiger partial charge in [-0.25, -0.2) is 4.79 Å². The van der Waals surface area contributed by atoms with Gasteiger partial charge in [0, 0.05) is 5.56 Å². The number of methoxy groups -OCH3 is 1. The third-order valence-electron chi connectivity index (χ3n) is 3.40. The molecular weight excluding hydrogens is 268 g/mol. The molecule has 2 atom stereocenters. The van der Waals surface area contributed by atoms with Crippen LogP contribution in [0.1, 0.15) is 38.8 Å². The van der Waals surface area contributed by atoms with E-state index in [2.05, 4.69) is 10.6 Å². The normalized spacial score (nSPS) is 21.9. The van der Waals surface area contributed by atoms with Crippen molar-refractivity contribution in [3.63, 3.8) is 0 Å². The molecule has 5 heteroatoms. The Balaban J connectivity index is 2.08. The minimum absolute atomic E-state index is 0.00356. The van der Waals surface area contributed by atoms with Gasteiger partial charge < -0.3 is 20.1 Å². The van der Waals surface area contributed by atoms with Crippen LogP contribution in [0.15, 0.2) is 24.3 Å². The average molecular weight is 292 g/mol. The number of hydrogen-bond donors (Lipinski definition) is 2. The average Bonchev–Trinajstić information content (AvgIpc) is 2.84. The van der Waals surface area contributed by atoms with Crippen LogP contribution in [-0.4, -0.2) is 31.4 Å². The monoisotopic (exact) mass is 292 g/mol. The van der Waals surface area contributed by atoms with E-state index in [9.17, 15) is 4.79 Å². The van der Waals surface area contributed by atoms with Crippen LogP contribution in [0.5, 0.6) is 5.75 Å². The first-order chi connectivity index (χ1) is 9.90. The van der Waals surface area contributed by atoms with Crippen molar-refractivity contribution in [3.05, 3.63) is 29.8 Å². The van der Waals surface area contributed by atoms with Gasteiger partial charge in [-0.1, -0.05) is 18.2 Å². The number of ether oxygens (including phenoxy) is 2. The number of amides is 1. The van der Waals surface area contributed by atoms with Gasteiger partial charge in [0.25, 0.3) is 0 Å². The first-order valence-corrected chi connectivity index (χ1v) is 7.26. The Kier molecular flexibility index (Phi) is 4.73. The van der Waals surface area contributed by atoms with E-state index in [0.717, 1.165) is 24.3 Å². The molecule has 0 aromatic heterocycles. The summed E-state index contributed by atoms with van der Waals surface area (Å²) in [6.45, 7) is 6.43. The molecule has 2 N–H and O–H groups in total. The Bertz CT molecular complexity index is 497. The summed E-state index contributed by atoms with van der Waals surface area (Å²) in [6, 6.07) is 7.89. The molecule has 0 aliphatic carbocycles. The van der Waals surface area contributed by atoms with Crippen LogP contribution in [-0.2, 0) is 4.74 Å². The topological polar surface area (TPSA) is 59.6 Å². The molecule has 0 radical (unpaired) electrons. The molecular formula is C16H24N2O3. The van der Waals surface area contributed by atoms with E-state index in [4.69, 9.17) is 9.47 Å². The van der Waals surface area contributed by atoms with Crippen molar-refractivity contribution in [1.29, 1.82) is 0 Å². The predicted octanol–water partition coefficient (Wildman–Crippen LogP) is 2.62. The first-order valence-electron chi connectivity index (χ1n) is 7.26. The second kappa shape index (κ2) is 6.35. The lowest BCUT2D eigenvalue weighted by atomic mass is 10.00. The van der Waals surface area contributed by atoms with Crippen LogP contribution in [0.3, 0.4) is 0 Å². The number of hydrogen-bond acceptors (Lipinski definition) is 4. The molecule has 1 heterocycles. The van der Waals surface area contributed by atoms with Gasteiger partial charge in [0.15, 0.2) is 0 Å². The highest BCUT2D eigenvalue weighted by atomic mass is 16.6. The largest absolute Gasteiger partial charge is 0.496 e. The molecule has 0 saturated carbocycles. The summed E-state index contributed by atoms with van der Waals surface area (Å²) in [5, 5.41) is 6.37.